The molecule has 0 saturated carbocycles. The average molecular weight is 275 g/mol. The van der Waals surface area contributed by atoms with E-state index in [1.165, 1.54) is 0 Å². The Morgan fingerprint density at radius 3 is 2.11 bits per heavy atom. The summed E-state index contributed by atoms with van der Waals surface area (Å²) in [4.78, 5) is 43.6. The number of nitrogens with two attached hydrogens (primary N) is 1. The molecule has 9 nitrogen and oxygen atoms in total. The zero-order valence-corrected chi connectivity index (χ0v) is 10.2. The lowest BCUT2D eigenvalue weighted by Gasteiger charge is -2.17. The van der Waals surface area contributed by atoms with E-state index in [0.717, 1.165) is 4.90 Å². The third kappa shape index (κ3) is 9.68. The zero-order chi connectivity index (χ0) is 14.8. The van der Waals surface area contributed by atoms with Gasteiger partial charge in [-0.2, -0.15) is 0 Å². The first-order valence-electron chi connectivity index (χ1n) is 5.48. The molecule has 0 rings (SSSR count). The van der Waals surface area contributed by atoms with Gasteiger partial charge in [-0.1, -0.05) is 0 Å². The molecule has 108 valence electrons. The minimum atomic E-state index is -1.22. The van der Waals surface area contributed by atoms with Gasteiger partial charge in [-0.05, 0) is 6.42 Å². The van der Waals surface area contributed by atoms with E-state index in [2.05, 4.69) is 5.32 Å². The SMILES string of the molecule is N[C@@H](C=O)CCNC(=O)CN(CC(=O)O)CC(=O)O. The Kier molecular flexibility index (Phi) is 8.05. The third-order valence-electron chi connectivity index (χ3n) is 2.06. The monoisotopic (exact) mass is 275 g/mol. The van der Waals surface area contributed by atoms with E-state index < -0.39 is 37.0 Å². The van der Waals surface area contributed by atoms with Gasteiger partial charge in [0.1, 0.15) is 6.29 Å². The molecule has 0 radical (unpaired) electrons. The van der Waals surface area contributed by atoms with Crippen LogP contribution in [-0.2, 0) is 19.2 Å². The van der Waals surface area contributed by atoms with Gasteiger partial charge in [-0.15, -0.1) is 0 Å². The summed E-state index contributed by atoms with van der Waals surface area (Å²) >= 11 is 0. The van der Waals surface area contributed by atoms with Crippen molar-refractivity contribution in [2.24, 2.45) is 5.73 Å². The summed E-state index contributed by atoms with van der Waals surface area (Å²) in [5, 5.41) is 19.6. The van der Waals surface area contributed by atoms with Crippen molar-refractivity contribution >= 4 is 24.1 Å². The Labute approximate surface area is 109 Å². The van der Waals surface area contributed by atoms with Gasteiger partial charge in [0.2, 0.25) is 5.91 Å². The van der Waals surface area contributed by atoms with Gasteiger partial charge in [-0.3, -0.25) is 19.3 Å². The van der Waals surface area contributed by atoms with E-state index in [-0.39, 0.29) is 19.5 Å². The van der Waals surface area contributed by atoms with Crippen molar-refractivity contribution in [1.82, 2.24) is 10.2 Å². The zero-order valence-electron chi connectivity index (χ0n) is 10.2. The molecule has 0 unspecified atom stereocenters. The highest BCUT2D eigenvalue weighted by molar-refractivity contribution is 5.80. The first-order chi connectivity index (χ1) is 8.85. The predicted molar refractivity (Wildman–Crippen MR) is 63.4 cm³/mol. The first kappa shape index (κ1) is 17.0. The Hall–Kier alpha value is -2.00. The van der Waals surface area contributed by atoms with Crippen molar-refractivity contribution in [3.8, 4) is 0 Å². The first-order valence-corrected chi connectivity index (χ1v) is 5.48. The number of amides is 1. The molecule has 9 heteroatoms. The second-order valence-corrected chi connectivity index (χ2v) is 3.87. The summed E-state index contributed by atoms with van der Waals surface area (Å²) in [5.41, 5.74) is 5.31. The molecule has 0 aromatic rings. The van der Waals surface area contributed by atoms with Gasteiger partial charge in [0.15, 0.2) is 0 Å². The van der Waals surface area contributed by atoms with Crippen LogP contribution in [0.3, 0.4) is 0 Å². The number of aliphatic carboxylic acids is 2. The molecule has 0 heterocycles. The molecule has 0 aliphatic rings. The van der Waals surface area contributed by atoms with Crippen molar-refractivity contribution in [2.45, 2.75) is 12.5 Å². The summed E-state index contributed by atoms with van der Waals surface area (Å²) in [6.07, 6.45) is 0.806. The molecule has 5 N–H and O–H groups in total. The van der Waals surface area contributed by atoms with Crippen LogP contribution < -0.4 is 11.1 Å². The standard InChI is InChI=1S/C10H17N3O6/c11-7(6-14)1-2-12-8(15)3-13(4-9(16)17)5-10(18)19/h6-7H,1-5,11H2,(H,12,15)(H,16,17)(H,18,19)/t7-/m1/s1. The molecule has 0 bridgehead atoms. The maximum atomic E-state index is 11.4. The summed E-state index contributed by atoms with van der Waals surface area (Å²) < 4.78 is 0. The highest BCUT2D eigenvalue weighted by atomic mass is 16.4. The predicted octanol–water partition coefficient (Wildman–Crippen LogP) is -2.51. The van der Waals surface area contributed by atoms with Crippen molar-refractivity contribution in [3.05, 3.63) is 0 Å². The van der Waals surface area contributed by atoms with Crippen LogP contribution >= 0.6 is 0 Å². The Morgan fingerprint density at radius 2 is 1.68 bits per heavy atom. The number of hydrogen-bond donors (Lipinski definition) is 4. The van der Waals surface area contributed by atoms with Crippen LogP contribution in [0, 0.1) is 0 Å². The van der Waals surface area contributed by atoms with E-state index in [0.29, 0.717) is 6.29 Å². The quantitative estimate of drug-likeness (QED) is 0.319. The van der Waals surface area contributed by atoms with Gasteiger partial charge < -0.3 is 26.1 Å². The van der Waals surface area contributed by atoms with Crippen LogP contribution in [0.2, 0.25) is 0 Å². The number of nitrogens with one attached hydrogen (secondary N) is 1. The maximum Gasteiger partial charge on any atom is 0.317 e. The van der Waals surface area contributed by atoms with Crippen LogP contribution in [0.4, 0.5) is 0 Å². The second kappa shape index (κ2) is 9.00. The van der Waals surface area contributed by atoms with Gasteiger partial charge in [-0.25, -0.2) is 0 Å². The molecule has 19 heavy (non-hydrogen) atoms. The third-order valence-corrected chi connectivity index (χ3v) is 2.06. The fourth-order valence-electron chi connectivity index (χ4n) is 1.26. The van der Waals surface area contributed by atoms with Gasteiger partial charge in [0.25, 0.3) is 0 Å². The molecule has 0 aromatic carbocycles. The highest BCUT2D eigenvalue weighted by Gasteiger charge is 2.16. The molecule has 0 aliphatic heterocycles. The van der Waals surface area contributed by atoms with E-state index in [9.17, 15) is 19.2 Å². The smallest absolute Gasteiger partial charge is 0.317 e. The van der Waals surface area contributed by atoms with E-state index in [1.807, 2.05) is 0 Å². The summed E-state index contributed by atoms with van der Waals surface area (Å²) in [7, 11) is 0. The molecule has 0 fully saturated rings. The second-order valence-electron chi connectivity index (χ2n) is 3.87. The fourth-order valence-corrected chi connectivity index (χ4v) is 1.26. The Morgan fingerprint density at radius 1 is 1.16 bits per heavy atom. The van der Waals surface area contributed by atoms with Gasteiger partial charge in [0.05, 0.1) is 25.7 Å². The summed E-state index contributed by atoms with van der Waals surface area (Å²) in [5.74, 6) is -2.98. The lowest BCUT2D eigenvalue weighted by atomic mass is 10.2. The molecular weight excluding hydrogens is 258 g/mol. The Bertz CT molecular complexity index is 330. The van der Waals surface area contributed by atoms with Crippen LogP contribution in [0.25, 0.3) is 0 Å². The summed E-state index contributed by atoms with van der Waals surface area (Å²) in [6.45, 7) is -1.29. The minimum Gasteiger partial charge on any atom is -0.480 e. The van der Waals surface area contributed by atoms with E-state index in [4.69, 9.17) is 15.9 Å². The largest absolute Gasteiger partial charge is 0.480 e. The summed E-state index contributed by atoms with van der Waals surface area (Å²) in [6, 6.07) is -0.672. The average Bonchev–Trinajstić information content (AvgIpc) is 2.26. The van der Waals surface area contributed by atoms with E-state index in [1.54, 1.807) is 0 Å². The van der Waals surface area contributed by atoms with Crippen molar-refractivity contribution in [1.29, 1.82) is 0 Å². The lowest BCUT2D eigenvalue weighted by molar-refractivity contribution is -0.142. The van der Waals surface area contributed by atoms with Gasteiger partial charge in [0, 0.05) is 6.54 Å². The molecule has 0 aliphatic carbocycles. The van der Waals surface area contributed by atoms with Crippen LogP contribution in [0.15, 0.2) is 0 Å². The number of carboxylic acids is 2. The number of carbonyl (C=O) groups excluding carboxylic acids is 2. The normalized spacial score (nSPS) is 11.9. The lowest BCUT2D eigenvalue weighted by Crippen LogP contribution is -2.43. The number of carboxylic acid groups (broad SMARTS) is 2. The molecular formula is C10H17N3O6. The topological polar surface area (TPSA) is 150 Å². The maximum absolute atomic E-state index is 11.4. The number of nitrogens with zero attached hydrogens (tertiary/aromatic N) is 1. The molecule has 1 amide bonds. The molecule has 0 spiro atoms. The van der Waals surface area contributed by atoms with Crippen LogP contribution in [-0.4, -0.2) is 71.5 Å². The number of rotatable bonds is 10. The van der Waals surface area contributed by atoms with E-state index >= 15 is 0 Å². The fraction of sp³-hybridized carbons (Fsp3) is 0.600. The number of carbonyl (C=O) groups is 4. The van der Waals surface area contributed by atoms with Gasteiger partial charge >= 0.3 is 11.9 Å². The van der Waals surface area contributed by atoms with Crippen molar-refractivity contribution < 1.29 is 29.4 Å². The van der Waals surface area contributed by atoms with Crippen molar-refractivity contribution in [2.75, 3.05) is 26.2 Å². The number of hydrogen-bond acceptors (Lipinski definition) is 6. The molecule has 0 saturated heterocycles. The molecule has 0 aromatic heterocycles. The van der Waals surface area contributed by atoms with Crippen LogP contribution in [0.5, 0.6) is 0 Å². The van der Waals surface area contributed by atoms with Crippen LogP contribution in [0.1, 0.15) is 6.42 Å². The molecule has 1 atom stereocenters. The number of aldehydes is 1. The minimum absolute atomic E-state index is 0.159. The van der Waals surface area contributed by atoms with Crippen molar-refractivity contribution in [3.63, 3.8) is 0 Å². The highest BCUT2D eigenvalue weighted by Crippen LogP contribution is 1.89. The Balaban J connectivity index is 4.11.